The number of nitrogens with zero attached hydrogens (tertiary/aromatic N) is 1. The Morgan fingerprint density at radius 2 is 1.74 bits per heavy atom. The number of anilines is 1. The number of nitrogens with one attached hydrogen (secondary N) is 2. The fourth-order valence-electron chi connectivity index (χ4n) is 3.85. The largest absolute Gasteiger partial charge is 0.384 e. The van der Waals surface area contributed by atoms with Crippen LogP contribution < -0.4 is 10.6 Å². The van der Waals surface area contributed by atoms with Gasteiger partial charge in [0.25, 0.3) is 0 Å². The SMILES string of the molecule is COCC1(C(=O)N(C)CC(=O)Nc2c(C)cc(C)cc2C)CCNCC1.Cl. The number of ether oxygens (including phenoxy) is 1. The van der Waals surface area contributed by atoms with Gasteiger partial charge < -0.3 is 20.3 Å². The van der Waals surface area contributed by atoms with E-state index < -0.39 is 5.41 Å². The van der Waals surface area contributed by atoms with Crippen molar-refractivity contribution in [1.29, 1.82) is 0 Å². The van der Waals surface area contributed by atoms with E-state index in [2.05, 4.69) is 10.6 Å². The van der Waals surface area contributed by atoms with E-state index in [1.165, 1.54) is 4.90 Å². The van der Waals surface area contributed by atoms with E-state index in [0.717, 1.165) is 48.3 Å². The number of hydrogen-bond donors (Lipinski definition) is 2. The number of rotatable bonds is 6. The molecule has 6 nitrogen and oxygen atoms in total. The average molecular weight is 398 g/mol. The first-order valence-corrected chi connectivity index (χ1v) is 9.12. The molecular weight excluding hydrogens is 366 g/mol. The highest BCUT2D eigenvalue weighted by Gasteiger charge is 2.41. The van der Waals surface area contributed by atoms with Crippen LogP contribution in [0.25, 0.3) is 0 Å². The molecule has 2 N–H and O–H groups in total. The van der Waals surface area contributed by atoms with Crippen LogP contribution in [-0.2, 0) is 14.3 Å². The van der Waals surface area contributed by atoms with Gasteiger partial charge >= 0.3 is 0 Å². The van der Waals surface area contributed by atoms with Crippen molar-refractivity contribution < 1.29 is 14.3 Å². The second kappa shape index (κ2) is 10.1. The third kappa shape index (κ3) is 5.67. The minimum atomic E-state index is -0.537. The molecule has 0 spiro atoms. The molecule has 2 rings (SSSR count). The van der Waals surface area contributed by atoms with Crippen molar-refractivity contribution in [2.75, 3.05) is 45.7 Å². The molecule has 2 amide bonds. The quantitative estimate of drug-likeness (QED) is 0.773. The summed E-state index contributed by atoms with van der Waals surface area (Å²) in [6.07, 6.45) is 1.45. The van der Waals surface area contributed by atoms with Gasteiger partial charge in [-0.1, -0.05) is 17.7 Å². The van der Waals surface area contributed by atoms with Crippen LogP contribution in [0.2, 0.25) is 0 Å². The number of carbonyl (C=O) groups excluding carboxylic acids is 2. The van der Waals surface area contributed by atoms with E-state index >= 15 is 0 Å². The van der Waals surface area contributed by atoms with Gasteiger partial charge in [0.15, 0.2) is 0 Å². The summed E-state index contributed by atoms with van der Waals surface area (Å²) >= 11 is 0. The normalized spacial score (nSPS) is 15.6. The number of benzene rings is 1. The van der Waals surface area contributed by atoms with E-state index in [0.29, 0.717) is 6.61 Å². The minimum Gasteiger partial charge on any atom is -0.384 e. The third-order valence-corrected chi connectivity index (χ3v) is 5.10. The van der Waals surface area contributed by atoms with Crippen molar-refractivity contribution in [2.45, 2.75) is 33.6 Å². The molecule has 1 aliphatic rings. The van der Waals surface area contributed by atoms with Crippen LogP contribution in [0.1, 0.15) is 29.5 Å². The molecule has 0 bridgehead atoms. The molecule has 0 unspecified atom stereocenters. The maximum atomic E-state index is 13.0. The Hall–Kier alpha value is -1.63. The van der Waals surface area contributed by atoms with Crippen molar-refractivity contribution in [3.63, 3.8) is 0 Å². The van der Waals surface area contributed by atoms with Gasteiger partial charge in [-0.2, -0.15) is 0 Å². The van der Waals surface area contributed by atoms with Gasteiger partial charge in [0, 0.05) is 19.8 Å². The van der Waals surface area contributed by atoms with Crippen LogP contribution in [-0.4, -0.2) is 57.1 Å². The van der Waals surface area contributed by atoms with Gasteiger partial charge in [0.1, 0.15) is 0 Å². The number of likely N-dealkylation sites (N-methyl/N-ethyl adjacent to an activating group) is 1. The van der Waals surface area contributed by atoms with Gasteiger partial charge in [0.2, 0.25) is 11.8 Å². The minimum absolute atomic E-state index is 0. The van der Waals surface area contributed by atoms with Gasteiger partial charge in [-0.05, 0) is 57.8 Å². The Morgan fingerprint density at radius 3 is 2.26 bits per heavy atom. The van der Waals surface area contributed by atoms with E-state index in [-0.39, 0.29) is 30.8 Å². The number of amides is 2. The molecule has 0 saturated carbocycles. The third-order valence-electron chi connectivity index (χ3n) is 5.10. The lowest BCUT2D eigenvalue weighted by Crippen LogP contribution is -2.51. The maximum absolute atomic E-state index is 13.0. The molecule has 27 heavy (non-hydrogen) atoms. The summed E-state index contributed by atoms with van der Waals surface area (Å²) in [7, 11) is 3.31. The molecule has 1 saturated heterocycles. The second-order valence-electron chi connectivity index (χ2n) is 7.45. The summed E-state index contributed by atoms with van der Waals surface area (Å²) in [5.41, 5.74) is 3.51. The van der Waals surface area contributed by atoms with Gasteiger partial charge in [-0.15, -0.1) is 12.4 Å². The Labute approximate surface area is 168 Å². The van der Waals surface area contributed by atoms with Crippen LogP contribution in [0.4, 0.5) is 5.69 Å². The highest BCUT2D eigenvalue weighted by Crippen LogP contribution is 2.31. The molecule has 1 heterocycles. The van der Waals surface area contributed by atoms with Gasteiger partial charge in [-0.25, -0.2) is 0 Å². The average Bonchev–Trinajstić information content (AvgIpc) is 2.58. The smallest absolute Gasteiger partial charge is 0.243 e. The van der Waals surface area contributed by atoms with Crippen molar-refractivity contribution >= 4 is 29.9 Å². The zero-order chi connectivity index (χ0) is 19.3. The van der Waals surface area contributed by atoms with Crippen LogP contribution in [0.3, 0.4) is 0 Å². The standard InChI is InChI=1S/C20H31N3O3.ClH/c1-14-10-15(2)18(16(3)11-14)22-17(24)12-23(4)19(25)20(13-26-5)6-8-21-9-7-20;/h10-11,21H,6-9,12-13H2,1-5H3,(H,22,24);1H. The molecule has 152 valence electrons. The number of halogens is 1. The summed E-state index contributed by atoms with van der Waals surface area (Å²) in [4.78, 5) is 27.1. The zero-order valence-electron chi connectivity index (χ0n) is 17.0. The topological polar surface area (TPSA) is 70.7 Å². The van der Waals surface area contributed by atoms with E-state index in [9.17, 15) is 9.59 Å². The van der Waals surface area contributed by atoms with Crippen LogP contribution in [0, 0.1) is 26.2 Å². The zero-order valence-corrected chi connectivity index (χ0v) is 17.8. The van der Waals surface area contributed by atoms with Crippen LogP contribution in [0.15, 0.2) is 12.1 Å². The number of hydrogen-bond acceptors (Lipinski definition) is 4. The molecule has 0 aliphatic carbocycles. The lowest BCUT2D eigenvalue weighted by molar-refractivity contribution is -0.147. The number of carbonyl (C=O) groups is 2. The van der Waals surface area contributed by atoms with E-state index in [1.54, 1.807) is 14.2 Å². The number of methoxy groups -OCH3 is 1. The predicted octanol–water partition coefficient (Wildman–Crippen LogP) is 2.45. The molecule has 1 aromatic rings. The van der Waals surface area contributed by atoms with Crippen molar-refractivity contribution in [1.82, 2.24) is 10.2 Å². The molecule has 7 heteroatoms. The van der Waals surface area contributed by atoms with Gasteiger partial charge in [-0.3, -0.25) is 9.59 Å². The Bertz CT molecular complexity index is 644. The molecule has 0 atom stereocenters. The second-order valence-corrected chi connectivity index (χ2v) is 7.45. The first-order valence-electron chi connectivity index (χ1n) is 9.12. The first kappa shape index (κ1) is 23.4. The fourth-order valence-corrected chi connectivity index (χ4v) is 3.85. The Kier molecular flexibility index (Phi) is 8.72. The fraction of sp³-hybridized carbons (Fsp3) is 0.600. The van der Waals surface area contributed by atoms with Crippen molar-refractivity contribution in [3.8, 4) is 0 Å². The molecule has 1 fully saturated rings. The monoisotopic (exact) mass is 397 g/mol. The number of piperidine rings is 1. The summed E-state index contributed by atoms with van der Waals surface area (Å²) in [6.45, 7) is 7.99. The highest BCUT2D eigenvalue weighted by molar-refractivity contribution is 5.96. The van der Waals surface area contributed by atoms with Crippen molar-refractivity contribution in [2.24, 2.45) is 5.41 Å². The van der Waals surface area contributed by atoms with Gasteiger partial charge in [0.05, 0.1) is 18.6 Å². The molecular formula is C20H32ClN3O3. The summed E-state index contributed by atoms with van der Waals surface area (Å²) in [5.74, 6) is -0.203. The molecule has 1 aliphatic heterocycles. The molecule has 0 radical (unpaired) electrons. The van der Waals surface area contributed by atoms with Crippen LogP contribution in [0.5, 0.6) is 0 Å². The highest BCUT2D eigenvalue weighted by atomic mass is 35.5. The molecule has 0 aromatic heterocycles. The summed E-state index contributed by atoms with van der Waals surface area (Å²) in [6, 6.07) is 4.08. The predicted molar refractivity (Wildman–Crippen MR) is 111 cm³/mol. The lowest BCUT2D eigenvalue weighted by Gasteiger charge is -2.38. The molecule has 1 aromatic carbocycles. The Balaban J connectivity index is 0.00000364. The first-order chi connectivity index (χ1) is 12.3. The van der Waals surface area contributed by atoms with E-state index in [1.807, 2.05) is 32.9 Å². The summed E-state index contributed by atoms with van der Waals surface area (Å²) in [5, 5.41) is 6.24. The van der Waals surface area contributed by atoms with Crippen LogP contribution >= 0.6 is 12.4 Å². The maximum Gasteiger partial charge on any atom is 0.243 e. The summed E-state index contributed by atoms with van der Waals surface area (Å²) < 4.78 is 5.32. The lowest BCUT2D eigenvalue weighted by atomic mass is 9.78. The Morgan fingerprint density at radius 1 is 1.19 bits per heavy atom. The van der Waals surface area contributed by atoms with E-state index in [4.69, 9.17) is 4.74 Å². The van der Waals surface area contributed by atoms with Crippen molar-refractivity contribution in [3.05, 3.63) is 28.8 Å². The number of aryl methyl sites for hydroxylation is 3.